The quantitative estimate of drug-likeness (QED) is 0.320. The lowest BCUT2D eigenvalue weighted by Crippen LogP contribution is -1.97. The standard InChI is InChI=1S/C26H27FN2O2/c1-3-15-31-23-17-28-26(29-18-23)22-12-10-21(11-13-22)24-14-9-20(16-25(24)27)8-6-4-5-7-19(2)30/h3,6,8-14,16-19,30H,1,4-5,7,15H2,2H3/b8-6+. The highest BCUT2D eigenvalue weighted by atomic mass is 19.1. The summed E-state index contributed by atoms with van der Waals surface area (Å²) < 4.78 is 20.1. The summed E-state index contributed by atoms with van der Waals surface area (Å²) in [5.41, 5.74) is 3.00. The lowest BCUT2D eigenvalue weighted by Gasteiger charge is -2.07. The number of aliphatic hydroxyl groups excluding tert-OH is 1. The van der Waals surface area contributed by atoms with Crippen LogP contribution in [0.2, 0.25) is 0 Å². The van der Waals surface area contributed by atoms with E-state index in [1.165, 1.54) is 0 Å². The zero-order valence-electron chi connectivity index (χ0n) is 17.7. The predicted molar refractivity (Wildman–Crippen MR) is 123 cm³/mol. The van der Waals surface area contributed by atoms with Gasteiger partial charge in [0, 0.05) is 11.1 Å². The number of hydrogen-bond acceptors (Lipinski definition) is 4. The third-order valence-electron chi connectivity index (χ3n) is 4.75. The van der Waals surface area contributed by atoms with Crippen LogP contribution in [0.15, 0.2) is 73.6 Å². The van der Waals surface area contributed by atoms with Crippen molar-refractivity contribution in [3.05, 3.63) is 85.0 Å². The Labute approximate surface area is 182 Å². The minimum Gasteiger partial charge on any atom is -0.486 e. The molecule has 31 heavy (non-hydrogen) atoms. The van der Waals surface area contributed by atoms with Gasteiger partial charge in [-0.3, -0.25) is 0 Å². The van der Waals surface area contributed by atoms with E-state index in [9.17, 15) is 9.50 Å². The molecular formula is C26H27FN2O2. The van der Waals surface area contributed by atoms with Crippen molar-refractivity contribution in [3.63, 3.8) is 0 Å². The first-order chi connectivity index (χ1) is 15.1. The number of ether oxygens (including phenoxy) is 1. The first kappa shape index (κ1) is 22.4. The van der Waals surface area contributed by atoms with Crippen molar-refractivity contribution in [2.45, 2.75) is 32.3 Å². The van der Waals surface area contributed by atoms with Crippen LogP contribution in [-0.4, -0.2) is 27.8 Å². The molecule has 1 heterocycles. The molecule has 1 unspecified atom stereocenters. The van der Waals surface area contributed by atoms with E-state index in [0.29, 0.717) is 23.7 Å². The molecule has 0 fully saturated rings. The fourth-order valence-corrected chi connectivity index (χ4v) is 3.11. The van der Waals surface area contributed by atoms with Gasteiger partial charge in [0.15, 0.2) is 11.6 Å². The molecule has 0 saturated carbocycles. The molecule has 4 nitrogen and oxygen atoms in total. The van der Waals surface area contributed by atoms with Gasteiger partial charge < -0.3 is 9.84 Å². The third-order valence-corrected chi connectivity index (χ3v) is 4.75. The molecule has 5 heteroatoms. The van der Waals surface area contributed by atoms with Crippen LogP contribution in [-0.2, 0) is 0 Å². The Kier molecular flexibility index (Phi) is 8.07. The van der Waals surface area contributed by atoms with Gasteiger partial charge in [0.1, 0.15) is 12.4 Å². The van der Waals surface area contributed by atoms with Crippen LogP contribution in [0, 0.1) is 5.82 Å². The maximum absolute atomic E-state index is 14.7. The lowest BCUT2D eigenvalue weighted by atomic mass is 10.0. The molecule has 0 radical (unpaired) electrons. The number of halogens is 1. The van der Waals surface area contributed by atoms with E-state index >= 15 is 0 Å². The van der Waals surface area contributed by atoms with E-state index in [1.54, 1.807) is 37.5 Å². The molecule has 1 atom stereocenters. The first-order valence-electron chi connectivity index (χ1n) is 10.4. The van der Waals surface area contributed by atoms with E-state index in [2.05, 4.69) is 16.5 Å². The molecule has 0 saturated heterocycles. The van der Waals surface area contributed by atoms with Gasteiger partial charge >= 0.3 is 0 Å². The molecule has 1 N–H and O–H groups in total. The van der Waals surface area contributed by atoms with E-state index in [1.807, 2.05) is 42.5 Å². The van der Waals surface area contributed by atoms with Crippen molar-refractivity contribution < 1.29 is 14.2 Å². The number of aromatic nitrogens is 2. The zero-order chi connectivity index (χ0) is 22.1. The third kappa shape index (κ3) is 6.59. The topological polar surface area (TPSA) is 55.2 Å². The van der Waals surface area contributed by atoms with Gasteiger partial charge in [-0.1, -0.05) is 61.2 Å². The summed E-state index contributed by atoms with van der Waals surface area (Å²) in [6, 6.07) is 12.7. The van der Waals surface area contributed by atoms with Crippen LogP contribution < -0.4 is 4.74 Å². The normalized spacial score (nSPS) is 12.1. The average molecular weight is 419 g/mol. The summed E-state index contributed by atoms with van der Waals surface area (Å²) in [7, 11) is 0. The highest BCUT2D eigenvalue weighted by Crippen LogP contribution is 2.27. The molecule has 1 aromatic heterocycles. The van der Waals surface area contributed by atoms with Crippen molar-refractivity contribution >= 4 is 6.08 Å². The Morgan fingerprint density at radius 2 is 1.81 bits per heavy atom. The second kappa shape index (κ2) is 11.2. The van der Waals surface area contributed by atoms with Gasteiger partial charge in [-0.05, 0) is 43.4 Å². The van der Waals surface area contributed by atoms with Crippen molar-refractivity contribution in [2.75, 3.05) is 6.61 Å². The van der Waals surface area contributed by atoms with Crippen LogP contribution in [0.25, 0.3) is 28.6 Å². The number of rotatable bonds is 10. The van der Waals surface area contributed by atoms with Crippen LogP contribution in [0.1, 0.15) is 31.7 Å². The lowest BCUT2D eigenvalue weighted by molar-refractivity contribution is 0.182. The van der Waals surface area contributed by atoms with E-state index in [4.69, 9.17) is 4.74 Å². The summed E-state index contributed by atoms with van der Waals surface area (Å²) in [6.45, 7) is 5.80. The van der Waals surface area contributed by atoms with Crippen molar-refractivity contribution in [2.24, 2.45) is 0 Å². The largest absolute Gasteiger partial charge is 0.486 e. The molecule has 3 rings (SSSR count). The maximum atomic E-state index is 14.7. The van der Waals surface area contributed by atoms with E-state index in [-0.39, 0.29) is 11.9 Å². The molecule has 2 aromatic carbocycles. The molecule has 0 amide bonds. The Hall–Kier alpha value is -3.31. The molecule has 0 spiro atoms. The maximum Gasteiger partial charge on any atom is 0.159 e. The summed E-state index contributed by atoms with van der Waals surface area (Å²) in [4.78, 5) is 8.64. The number of nitrogens with zero attached hydrogens (tertiary/aromatic N) is 2. The first-order valence-corrected chi connectivity index (χ1v) is 10.4. The molecule has 160 valence electrons. The van der Waals surface area contributed by atoms with Crippen LogP contribution >= 0.6 is 0 Å². The minimum atomic E-state index is -0.279. The molecule has 0 aliphatic heterocycles. The van der Waals surface area contributed by atoms with E-state index in [0.717, 1.165) is 36.0 Å². The number of unbranched alkanes of at least 4 members (excludes halogenated alkanes) is 1. The second-order valence-corrected chi connectivity index (χ2v) is 7.34. The Morgan fingerprint density at radius 3 is 2.45 bits per heavy atom. The highest BCUT2D eigenvalue weighted by Gasteiger charge is 2.07. The molecule has 0 bridgehead atoms. The number of aliphatic hydroxyl groups is 1. The summed E-state index contributed by atoms with van der Waals surface area (Å²) in [5, 5.41) is 9.28. The minimum absolute atomic E-state index is 0.265. The second-order valence-electron chi connectivity index (χ2n) is 7.34. The van der Waals surface area contributed by atoms with Gasteiger partial charge in [0.05, 0.1) is 18.5 Å². The smallest absolute Gasteiger partial charge is 0.159 e. The zero-order valence-corrected chi connectivity index (χ0v) is 17.7. The summed E-state index contributed by atoms with van der Waals surface area (Å²) in [6.07, 6.45) is 11.1. The van der Waals surface area contributed by atoms with Crippen molar-refractivity contribution in [1.82, 2.24) is 9.97 Å². The fourth-order valence-electron chi connectivity index (χ4n) is 3.11. The molecule has 3 aromatic rings. The predicted octanol–water partition coefficient (Wildman–Crippen LogP) is 6.08. The number of hydrogen-bond donors (Lipinski definition) is 1. The summed E-state index contributed by atoms with van der Waals surface area (Å²) >= 11 is 0. The van der Waals surface area contributed by atoms with E-state index < -0.39 is 0 Å². The molecular weight excluding hydrogens is 391 g/mol. The number of allylic oxidation sites excluding steroid dienone is 1. The fraction of sp³-hybridized carbons (Fsp3) is 0.231. The summed E-state index contributed by atoms with van der Waals surface area (Å²) in [5.74, 6) is 0.896. The van der Waals surface area contributed by atoms with Crippen LogP contribution in [0.5, 0.6) is 5.75 Å². The van der Waals surface area contributed by atoms with Crippen molar-refractivity contribution in [1.29, 1.82) is 0 Å². The van der Waals surface area contributed by atoms with Crippen molar-refractivity contribution in [3.8, 4) is 28.3 Å². The Morgan fingerprint density at radius 1 is 1.10 bits per heavy atom. The van der Waals surface area contributed by atoms with Gasteiger partial charge in [0.2, 0.25) is 0 Å². The highest BCUT2D eigenvalue weighted by molar-refractivity contribution is 5.69. The Bertz CT molecular complexity index is 1010. The molecule has 0 aliphatic rings. The van der Waals surface area contributed by atoms with Crippen LogP contribution in [0.3, 0.4) is 0 Å². The van der Waals surface area contributed by atoms with Gasteiger partial charge in [-0.25, -0.2) is 14.4 Å². The van der Waals surface area contributed by atoms with Gasteiger partial charge in [-0.15, -0.1) is 0 Å². The Balaban J connectivity index is 1.66. The average Bonchev–Trinajstić information content (AvgIpc) is 2.78. The van der Waals surface area contributed by atoms with Gasteiger partial charge in [-0.2, -0.15) is 0 Å². The molecule has 0 aliphatic carbocycles. The monoisotopic (exact) mass is 418 g/mol. The van der Waals surface area contributed by atoms with Crippen LogP contribution in [0.4, 0.5) is 4.39 Å². The number of benzene rings is 2. The SMILES string of the molecule is C=CCOc1cnc(-c2ccc(-c3ccc(/C=C/CCCC(C)O)cc3F)cc2)nc1. The van der Waals surface area contributed by atoms with Gasteiger partial charge in [0.25, 0.3) is 0 Å².